The summed E-state index contributed by atoms with van der Waals surface area (Å²) >= 11 is 0. The first-order valence-corrected chi connectivity index (χ1v) is 29.3. The first kappa shape index (κ1) is 51.9. The molecule has 0 spiro atoms. The van der Waals surface area contributed by atoms with Gasteiger partial charge >= 0.3 is 6.85 Å². The van der Waals surface area contributed by atoms with Gasteiger partial charge in [-0.2, -0.15) is 0 Å². The number of rotatable bonds is 5. The van der Waals surface area contributed by atoms with E-state index >= 15 is 0 Å². The maximum absolute atomic E-state index is 2.74. The second-order valence-electron chi connectivity index (χ2n) is 28.7. The lowest BCUT2D eigenvalue weighted by Gasteiger charge is -2.48. The minimum Gasteiger partial charge on any atom is -0.376 e. The second-order valence-corrected chi connectivity index (χ2v) is 28.7. The zero-order valence-electron chi connectivity index (χ0n) is 50.2. The fourth-order valence-electron chi connectivity index (χ4n) is 14.0. The Bertz CT molecular complexity index is 3900. The van der Waals surface area contributed by atoms with Gasteiger partial charge in [0.05, 0.1) is 0 Å². The molecule has 0 amide bonds. The Morgan fingerprint density at radius 1 is 0.362 bits per heavy atom. The van der Waals surface area contributed by atoms with Gasteiger partial charge in [-0.05, 0) is 184 Å². The van der Waals surface area contributed by atoms with Crippen LogP contribution >= 0.6 is 0 Å². The standard InChI is InChI=1S/C76H78BN3/c1-71(2,3)47-25-33-51(34-26-47)78(52-35-27-48(28-36-52)72(4,5)6)55-41-42-65-67(43-55)79(53-37-29-49(30-38-53)73(7,8)9)70-68-60(57-22-18-20-24-63(57)76(68,15)16)45-61-59-44-58-56-21-17-19-23-62(56)75(13,14)64(58)46-66(59)80(77(65)69(61)70)54-39-31-50(32-40-54)74(10,11)12/h17-46H,1-16H3. The van der Waals surface area contributed by atoms with Crippen LogP contribution in [0.3, 0.4) is 0 Å². The van der Waals surface area contributed by atoms with Crippen molar-refractivity contribution in [2.45, 2.75) is 143 Å². The highest BCUT2D eigenvalue weighted by Crippen LogP contribution is 2.60. The summed E-state index contributed by atoms with van der Waals surface area (Å²) in [6.45, 7) is 37.4. The Morgan fingerprint density at radius 2 is 0.800 bits per heavy atom. The number of benzene rings is 9. The Labute approximate surface area is 478 Å². The molecule has 9 aromatic rings. The van der Waals surface area contributed by atoms with Crippen molar-refractivity contribution in [3.8, 4) is 33.4 Å². The predicted molar refractivity (Wildman–Crippen MR) is 345 cm³/mol. The number of anilines is 8. The lowest BCUT2D eigenvalue weighted by atomic mass is 9.42. The Hall–Kier alpha value is -7.56. The summed E-state index contributed by atoms with van der Waals surface area (Å²) in [6.07, 6.45) is 0. The van der Waals surface area contributed by atoms with Crippen LogP contribution < -0.4 is 25.5 Å². The van der Waals surface area contributed by atoms with Gasteiger partial charge < -0.3 is 14.6 Å². The van der Waals surface area contributed by atoms with E-state index in [2.05, 4.69) is 307 Å². The third-order valence-corrected chi connectivity index (χ3v) is 18.7. The topological polar surface area (TPSA) is 9.72 Å². The van der Waals surface area contributed by atoms with Gasteiger partial charge in [0.15, 0.2) is 0 Å². The summed E-state index contributed by atoms with van der Waals surface area (Å²) in [6, 6.07) is 71.3. The number of hydrogen-bond acceptors (Lipinski definition) is 3. The van der Waals surface area contributed by atoms with Crippen molar-refractivity contribution in [3.63, 3.8) is 0 Å². The van der Waals surface area contributed by atoms with Crippen molar-refractivity contribution in [2.24, 2.45) is 0 Å². The van der Waals surface area contributed by atoms with E-state index in [1.165, 1.54) is 112 Å². The highest BCUT2D eigenvalue weighted by atomic mass is 15.2. The third kappa shape index (κ3) is 7.89. The average Bonchev–Trinajstić information content (AvgIpc) is 3.93. The minimum atomic E-state index is -0.324. The van der Waals surface area contributed by atoms with Crippen LogP contribution in [0.2, 0.25) is 0 Å². The van der Waals surface area contributed by atoms with Crippen molar-refractivity contribution >= 4 is 63.3 Å². The van der Waals surface area contributed by atoms with Gasteiger partial charge in [0.25, 0.3) is 0 Å². The molecule has 0 radical (unpaired) electrons. The molecule has 0 saturated carbocycles. The van der Waals surface area contributed by atoms with Gasteiger partial charge in [0.2, 0.25) is 0 Å². The van der Waals surface area contributed by atoms with Gasteiger partial charge in [-0.1, -0.05) is 214 Å². The van der Waals surface area contributed by atoms with Crippen LogP contribution in [0.4, 0.5) is 45.5 Å². The molecule has 0 atom stereocenters. The van der Waals surface area contributed by atoms with Crippen molar-refractivity contribution in [3.05, 3.63) is 226 Å². The van der Waals surface area contributed by atoms with Crippen molar-refractivity contribution in [1.29, 1.82) is 0 Å². The molecule has 9 aromatic carbocycles. The van der Waals surface area contributed by atoms with Crippen molar-refractivity contribution in [1.82, 2.24) is 0 Å². The van der Waals surface area contributed by atoms with E-state index in [4.69, 9.17) is 0 Å². The quantitative estimate of drug-likeness (QED) is 0.159. The van der Waals surface area contributed by atoms with Gasteiger partial charge in [0, 0.05) is 61.9 Å². The summed E-state index contributed by atoms with van der Waals surface area (Å²) in [4.78, 5) is 7.91. The molecule has 0 bridgehead atoms. The van der Waals surface area contributed by atoms with Gasteiger partial charge in [-0.25, -0.2) is 0 Å². The summed E-state index contributed by atoms with van der Waals surface area (Å²) in [7, 11) is 0. The third-order valence-electron chi connectivity index (χ3n) is 18.7. The Morgan fingerprint density at radius 3 is 1.31 bits per heavy atom. The van der Waals surface area contributed by atoms with E-state index in [1.807, 2.05) is 0 Å². The summed E-state index contributed by atoms with van der Waals surface area (Å²) in [5.74, 6) is 0. The first-order chi connectivity index (χ1) is 37.7. The lowest BCUT2D eigenvalue weighted by molar-refractivity contribution is 0.590. The molecule has 80 heavy (non-hydrogen) atoms. The second kappa shape index (κ2) is 17.5. The van der Waals surface area contributed by atoms with Gasteiger partial charge in [-0.15, -0.1) is 0 Å². The van der Waals surface area contributed by atoms with Gasteiger partial charge in [0.1, 0.15) is 0 Å². The molecule has 0 saturated heterocycles. The van der Waals surface area contributed by atoms with E-state index in [-0.39, 0.29) is 39.3 Å². The normalized spacial score (nSPS) is 15.4. The average molecular weight is 1040 g/mol. The molecule has 400 valence electrons. The Balaban J connectivity index is 1.16. The van der Waals surface area contributed by atoms with Crippen LogP contribution in [0.25, 0.3) is 33.4 Å². The molecule has 0 unspecified atom stereocenters. The molecule has 0 aromatic heterocycles. The molecule has 4 heteroatoms. The van der Waals surface area contributed by atoms with E-state index in [9.17, 15) is 0 Å². The van der Waals surface area contributed by atoms with E-state index in [0.29, 0.717) is 0 Å². The van der Waals surface area contributed by atoms with Crippen molar-refractivity contribution < 1.29 is 0 Å². The summed E-state index contributed by atoms with van der Waals surface area (Å²) in [5.41, 5.74) is 30.3. The Kier molecular flexibility index (Phi) is 11.3. The zero-order valence-corrected chi connectivity index (χ0v) is 50.2. The fourth-order valence-corrected chi connectivity index (χ4v) is 14.0. The molecule has 2 heterocycles. The molecule has 2 aliphatic heterocycles. The van der Waals surface area contributed by atoms with Crippen LogP contribution in [0.5, 0.6) is 0 Å². The van der Waals surface area contributed by atoms with Crippen LogP contribution in [0.1, 0.15) is 155 Å². The van der Waals surface area contributed by atoms with Crippen LogP contribution in [-0.2, 0) is 32.5 Å². The monoisotopic (exact) mass is 1040 g/mol. The first-order valence-electron chi connectivity index (χ1n) is 29.3. The van der Waals surface area contributed by atoms with Gasteiger partial charge in [-0.3, -0.25) is 0 Å². The predicted octanol–water partition coefficient (Wildman–Crippen LogP) is 19.7. The summed E-state index contributed by atoms with van der Waals surface area (Å²) < 4.78 is 0. The number of fused-ring (bicyclic) bond motifs is 11. The SMILES string of the molecule is CC(C)(C)c1ccc(N2B3c4ccc(N(c5ccc(C(C)(C)C)cc5)c5ccc(C(C)(C)C)cc5)cc4N(c4ccc(C(C)(C)C)cc4)c4c3c(cc3c4C(C)(C)c4ccccc4-3)-c3cc4c(cc32)C(C)(C)c2ccccc2-4)cc1. The van der Waals surface area contributed by atoms with Crippen LogP contribution in [0, 0.1) is 0 Å². The number of hydrogen-bond donors (Lipinski definition) is 0. The molecule has 2 aliphatic carbocycles. The van der Waals surface area contributed by atoms with E-state index in [0.717, 1.165) is 22.7 Å². The molecular formula is C76H78BN3. The molecule has 3 nitrogen and oxygen atoms in total. The largest absolute Gasteiger partial charge is 0.376 e. The number of nitrogens with zero attached hydrogens (tertiary/aromatic N) is 3. The highest BCUT2D eigenvalue weighted by Gasteiger charge is 2.51. The van der Waals surface area contributed by atoms with Crippen molar-refractivity contribution in [2.75, 3.05) is 14.6 Å². The van der Waals surface area contributed by atoms with Crippen LogP contribution in [0.15, 0.2) is 182 Å². The zero-order chi connectivity index (χ0) is 56.4. The maximum atomic E-state index is 2.74. The fraction of sp³-hybridized carbons (Fsp3) is 0.289. The highest BCUT2D eigenvalue weighted by molar-refractivity contribution is 6.93. The smallest absolute Gasteiger partial charge is 0.333 e. The molecule has 0 fully saturated rings. The molecule has 0 N–H and O–H groups in total. The molecule has 4 aliphatic rings. The minimum absolute atomic E-state index is 0.00123. The van der Waals surface area contributed by atoms with E-state index < -0.39 is 0 Å². The summed E-state index contributed by atoms with van der Waals surface area (Å²) in [5, 5.41) is 0. The maximum Gasteiger partial charge on any atom is 0.333 e. The lowest BCUT2D eigenvalue weighted by Crippen LogP contribution is -2.62. The molecule has 13 rings (SSSR count). The molecular weight excluding hydrogens is 966 g/mol. The van der Waals surface area contributed by atoms with E-state index in [1.54, 1.807) is 0 Å². The van der Waals surface area contributed by atoms with Crippen LogP contribution in [-0.4, -0.2) is 6.85 Å².